The lowest BCUT2D eigenvalue weighted by molar-refractivity contribution is -0.121. The van der Waals surface area contributed by atoms with E-state index in [4.69, 9.17) is 12.2 Å². The Balaban J connectivity index is 2.37. The summed E-state index contributed by atoms with van der Waals surface area (Å²) in [6, 6.07) is 9.49. The Morgan fingerprint density at radius 2 is 2.11 bits per heavy atom. The molecule has 0 radical (unpaired) electrons. The second-order valence-corrected chi connectivity index (χ2v) is 4.25. The van der Waals surface area contributed by atoms with Gasteiger partial charge in [-0.15, -0.1) is 6.42 Å². The fourth-order valence-corrected chi connectivity index (χ4v) is 1.68. The van der Waals surface area contributed by atoms with Crippen LogP contribution in [-0.2, 0) is 4.79 Å². The summed E-state index contributed by atoms with van der Waals surface area (Å²) in [6.45, 7) is 1.94. The first-order chi connectivity index (χ1) is 8.67. The molecule has 3 N–H and O–H groups in total. The van der Waals surface area contributed by atoms with Gasteiger partial charge in [-0.05, 0) is 18.4 Å². The van der Waals surface area contributed by atoms with Crippen molar-refractivity contribution < 1.29 is 4.79 Å². The largest absolute Gasteiger partial charge is 0.342 e. The molecule has 0 aliphatic rings. The molecule has 2 unspecified atom stereocenters. The smallest absolute Gasteiger partial charge is 0.221 e. The molecule has 0 heterocycles. The molecule has 0 aliphatic heterocycles. The Morgan fingerprint density at radius 1 is 1.44 bits per heavy atom. The number of terminal acetylenes is 1. The van der Waals surface area contributed by atoms with Crippen LogP contribution in [0.3, 0.4) is 0 Å². The Kier molecular flexibility index (Phi) is 5.96. The van der Waals surface area contributed by atoms with Gasteiger partial charge < -0.3 is 11.1 Å². The fourth-order valence-electron chi connectivity index (χ4n) is 1.68. The van der Waals surface area contributed by atoms with E-state index in [1.165, 1.54) is 0 Å². The Morgan fingerprint density at radius 3 is 2.67 bits per heavy atom. The first kappa shape index (κ1) is 14.3. The summed E-state index contributed by atoms with van der Waals surface area (Å²) in [5.41, 5.74) is 7.07. The molecular formula is C15H20N2O. The van der Waals surface area contributed by atoms with Crippen LogP contribution in [0.2, 0.25) is 0 Å². The van der Waals surface area contributed by atoms with E-state index in [2.05, 4.69) is 11.2 Å². The predicted octanol–water partition coefficient (Wildman–Crippen LogP) is 1.99. The first-order valence-electron chi connectivity index (χ1n) is 6.23. The van der Waals surface area contributed by atoms with Crippen LogP contribution in [-0.4, -0.2) is 11.9 Å². The standard InChI is InChI=1S/C15H20N2O/c1-3-13(4-2)17-15(18)11-10-14(16)12-8-6-5-7-9-12/h1,5-9,13-14H,4,10-11,16H2,2H3,(H,17,18). The molecule has 0 bridgehead atoms. The van der Waals surface area contributed by atoms with Crippen molar-refractivity contribution in [3.8, 4) is 12.3 Å². The topological polar surface area (TPSA) is 55.1 Å². The van der Waals surface area contributed by atoms with Gasteiger partial charge in [-0.3, -0.25) is 4.79 Å². The fraction of sp³-hybridized carbons (Fsp3) is 0.400. The van der Waals surface area contributed by atoms with Gasteiger partial charge in [-0.2, -0.15) is 0 Å². The summed E-state index contributed by atoms with van der Waals surface area (Å²) in [6.07, 6.45) is 7.05. The van der Waals surface area contributed by atoms with Crippen LogP contribution in [0.15, 0.2) is 30.3 Å². The highest BCUT2D eigenvalue weighted by atomic mass is 16.1. The van der Waals surface area contributed by atoms with E-state index in [9.17, 15) is 4.79 Å². The molecule has 0 spiro atoms. The minimum atomic E-state index is -0.176. The molecular weight excluding hydrogens is 224 g/mol. The summed E-state index contributed by atoms with van der Waals surface area (Å²) >= 11 is 0. The third-order valence-corrected chi connectivity index (χ3v) is 2.85. The van der Waals surface area contributed by atoms with Crippen LogP contribution < -0.4 is 11.1 Å². The van der Waals surface area contributed by atoms with Crippen LogP contribution in [0.4, 0.5) is 0 Å². The number of hydrogen-bond acceptors (Lipinski definition) is 2. The first-order valence-corrected chi connectivity index (χ1v) is 6.23. The van der Waals surface area contributed by atoms with Crippen molar-refractivity contribution in [3.05, 3.63) is 35.9 Å². The number of carbonyl (C=O) groups excluding carboxylic acids is 1. The highest BCUT2D eigenvalue weighted by Gasteiger charge is 2.11. The predicted molar refractivity (Wildman–Crippen MR) is 73.7 cm³/mol. The van der Waals surface area contributed by atoms with Gasteiger partial charge in [-0.25, -0.2) is 0 Å². The maximum atomic E-state index is 11.6. The molecule has 0 fully saturated rings. The summed E-state index contributed by atoms with van der Waals surface area (Å²) < 4.78 is 0. The average molecular weight is 244 g/mol. The van der Waals surface area contributed by atoms with Crippen molar-refractivity contribution >= 4 is 5.91 Å². The second-order valence-electron chi connectivity index (χ2n) is 4.25. The average Bonchev–Trinajstić information content (AvgIpc) is 2.43. The molecule has 1 aromatic carbocycles. The van der Waals surface area contributed by atoms with Gasteiger partial charge in [0.05, 0.1) is 6.04 Å². The molecule has 3 nitrogen and oxygen atoms in total. The van der Waals surface area contributed by atoms with Crippen molar-refractivity contribution in [2.24, 2.45) is 5.73 Å². The van der Waals surface area contributed by atoms with Gasteiger partial charge in [-0.1, -0.05) is 43.2 Å². The SMILES string of the molecule is C#CC(CC)NC(=O)CCC(N)c1ccccc1. The van der Waals surface area contributed by atoms with Crippen molar-refractivity contribution in [1.82, 2.24) is 5.32 Å². The molecule has 18 heavy (non-hydrogen) atoms. The van der Waals surface area contributed by atoms with Crippen LogP contribution >= 0.6 is 0 Å². The number of nitrogens with one attached hydrogen (secondary N) is 1. The van der Waals surface area contributed by atoms with Crippen LogP contribution in [0.1, 0.15) is 37.8 Å². The normalized spacial score (nSPS) is 13.4. The summed E-state index contributed by atoms with van der Waals surface area (Å²) in [7, 11) is 0. The number of hydrogen-bond donors (Lipinski definition) is 2. The lowest BCUT2D eigenvalue weighted by Crippen LogP contribution is -2.33. The van der Waals surface area contributed by atoms with Gasteiger partial charge >= 0.3 is 0 Å². The molecule has 0 saturated carbocycles. The molecule has 3 heteroatoms. The molecule has 2 atom stereocenters. The molecule has 0 aliphatic carbocycles. The van der Waals surface area contributed by atoms with E-state index in [1.54, 1.807) is 0 Å². The summed E-state index contributed by atoms with van der Waals surface area (Å²) in [5, 5.41) is 2.79. The zero-order valence-corrected chi connectivity index (χ0v) is 10.7. The molecule has 0 aromatic heterocycles. The molecule has 0 saturated heterocycles. The Labute approximate surface area is 109 Å². The maximum Gasteiger partial charge on any atom is 0.221 e. The number of amides is 1. The van der Waals surface area contributed by atoms with Crippen molar-refractivity contribution in [1.29, 1.82) is 0 Å². The van der Waals surface area contributed by atoms with E-state index in [-0.39, 0.29) is 18.0 Å². The zero-order valence-electron chi connectivity index (χ0n) is 10.7. The molecule has 96 valence electrons. The Hall–Kier alpha value is -1.79. The van der Waals surface area contributed by atoms with Gasteiger partial charge in [0.15, 0.2) is 0 Å². The van der Waals surface area contributed by atoms with E-state index in [1.807, 2.05) is 37.3 Å². The van der Waals surface area contributed by atoms with Gasteiger partial charge in [0.2, 0.25) is 5.91 Å². The second kappa shape index (κ2) is 7.52. The van der Waals surface area contributed by atoms with E-state index in [0.29, 0.717) is 12.8 Å². The van der Waals surface area contributed by atoms with Crippen LogP contribution in [0.25, 0.3) is 0 Å². The maximum absolute atomic E-state index is 11.6. The zero-order chi connectivity index (χ0) is 13.4. The van der Waals surface area contributed by atoms with Gasteiger partial charge in [0, 0.05) is 12.5 Å². The number of rotatable bonds is 6. The summed E-state index contributed by atoms with van der Waals surface area (Å²) in [5.74, 6) is 2.50. The number of carbonyl (C=O) groups is 1. The monoisotopic (exact) mass is 244 g/mol. The third-order valence-electron chi connectivity index (χ3n) is 2.85. The highest BCUT2D eigenvalue weighted by molar-refractivity contribution is 5.76. The van der Waals surface area contributed by atoms with Gasteiger partial charge in [0.1, 0.15) is 0 Å². The number of benzene rings is 1. The van der Waals surface area contributed by atoms with Crippen molar-refractivity contribution in [3.63, 3.8) is 0 Å². The minimum Gasteiger partial charge on any atom is -0.342 e. The van der Waals surface area contributed by atoms with Gasteiger partial charge in [0.25, 0.3) is 0 Å². The molecule has 1 amide bonds. The number of nitrogens with two attached hydrogens (primary N) is 1. The van der Waals surface area contributed by atoms with Crippen molar-refractivity contribution in [2.45, 2.75) is 38.3 Å². The van der Waals surface area contributed by atoms with E-state index in [0.717, 1.165) is 12.0 Å². The minimum absolute atomic E-state index is 0.0359. The van der Waals surface area contributed by atoms with Crippen LogP contribution in [0.5, 0.6) is 0 Å². The lowest BCUT2D eigenvalue weighted by atomic mass is 10.0. The molecule has 1 aromatic rings. The van der Waals surface area contributed by atoms with E-state index < -0.39 is 0 Å². The van der Waals surface area contributed by atoms with Crippen molar-refractivity contribution in [2.75, 3.05) is 0 Å². The third kappa shape index (κ3) is 4.60. The lowest BCUT2D eigenvalue weighted by Gasteiger charge is -2.14. The quantitative estimate of drug-likeness (QED) is 0.752. The van der Waals surface area contributed by atoms with Crippen LogP contribution in [0, 0.1) is 12.3 Å². The highest BCUT2D eigenvalue weighted by Crippen LogP contribution is 2.14. The molecule has 1 rings (SSSR count). The summed E-state index contributed by atoms with van der Waals surface area (Å²) in [4.78, 5) is 11.6. The Bertz CT molecular complexity index is 408. The van der Waals surface area contributed by atoms with E-state index >= 15 is 0 Å².